The number of carbonyl (C=O) groups is 1. The topological polar surface area (TPSA) is 36.4 Å². The van der Waals surface area contributed by atoms with Gasteiger partial charge >= 0.3 is 0 Å². The van der Waals surface area contributed by atoms with Gasteiger partial charge < -0.3 is 4.90 Å². The molecule has 1 amide bonds. The summed E-state index contributed by atoms with van der Waals surface area (Å²) in [5, 5.41) is 0.419. The van der Waals surface area contributed by atoms with Crippen LogP contribution in [-0.4, -0.2) is 52.9 Å². The van der Waals surface area contributed by atoms with Gasteiger partial charge in [-0.15, -0.1) is 0 Å². The number of rotatable bonds is 4. The van der Waals surface area contributed by atoms with Crippen molar-refractivity contribution in [3.63, 3.8) is 0 Å². The van der Waals surface area contributed by atoms with Crippen molar-refractivity contribution in [3.05, 3.63) is 29.0 Å². The molecule has 1 aromatic heterocycles. The molecule has 1 aliphatic rings. The molecule has 0 unspecified atom stereocenters. The number of halogens is 1. The van der Waals surface area contributed by atoms with Crippen LogP contribution in [0.3, 0.4) is 0 Å². The maximum atomic E-state index is 12.5. The van der Waals surface area contributed by atoms with Crippen LogP contribution in [0.4, 0.5) is 0 Å². The minimum atomic E-state index is 0.0607. The normalized spacial score (nSPS) is 17.0. The molecule has 0 aliphatic carbocycles. The summed E-state index contributed by atoms with van der Waals surface area (Å²) in [6.07, 6.45) is 4.94. The Morgan fingerprint density at radius 3 is 2.62 bits per heavy atom. The van der Waals surface area contributed by atoms with Crippen molar-refractivity contribution in [2.75, 3.05) is 26.2 Å². The van der Waals surface area contributed by atoms with Gasteiger partial charge in [-0.3, -0.25) is 9.69 Å². The second-order valence-electron chi connectivity index (χ2n) is 5.52. The van der Waals surface area contributed by atoms with E-state index in [1.165, 1.54) is 12.8 Å². The van der Waals surface area contributed by atoms with Crippen molar-refractivity contribution in [1.82, 2.24) is 14.8 Å². The van der Waals surface area contributed by atoms with Gasteiger partial charge in [0.15, 0.2) is 0 Å². The highest BCUT2D eigenvalue weighted by Crippen LogP contribution is 2.15. The third kappa shape index (κ3) is 4.17. The van der Waals surface area contributed by atoms with E-state index in [0.717, 1.165) is 32.6 Å². The van der Waals surface area contributed by atoms with E-state index in [0.29, 0.717) is 16.8 Å². The summed E-state index contributed by atoms with van der Waals surface area (Å²) >= 11 is 5.77. The van der Waals surface area contributed by atoms with Crippen LogP contribution in [0, 0.1) is 0 Å². The second-order valence-corrected chi connectivity index (χ2v) is 5.91. The Bertz CT molecular complexity index is 459. The van der Waals surface area contributed by atoms with Crippen molar-refractivity contribution in [3.8, 4) is 0 Å². The summed E-state index contributed by atoms with van der Waals surface area (Å²) in [7, 11) is 0. The zero-order chi connectivity index (χ0) is 15.2. The standard InChI is InChI=1S/C16H24ClN3O/c1-3-14(4-2)19-8-5-9-20(11-10-19)16(21)13-6-7-15(17)18-12-13/h6-7,12,14H,3-5,8-11H2,1-2H3. The van der Waals surface area contributed by atoms with Crippen LogP contribution in [0.25, 0.3) is 0 Å². The van der Waals surface area contributed by atoms with E-state index in [9.17, 15) is 4.79 Å². The van der Waals surface area contributed by atoms with E-state index in [1.807, 2.05) is 4.90 Å². The van der Waals surface area contributed by atoms with Crippen LogP contribution >= 0.6 is 11.6 Å². The molecule has 4 nitrogen and oxygen atoms in total. The van der Waals surface area contributed by atoms with Crippen molar-refractivity contribution in [2.45, 2.75) is 39.2 Å². The van der Waals surface area contributed by atoms with Gasteiger partial charge in [0.25, 0.3) is 5.91 Å². The van der Waals surface area contributed by atoms with Crippen molar-refractivity contribution in [2.24, 2.45) is 0 Å². The fourth-order valence-corrected chi connectivity index (χ4v) is 3.11. The summed E-state index contributed by atoms with van der Waals surface area (Å²) in [5.41, 5.74) is 0.621. The number of carbonyl (C=O) groups excluding carboxylic acids is 1. The fraction of sp³-hybridized carbons (Fsp3) is 0.625. The highest BCUT2D eigenvalue weighted by atomic mass is 35.5. The van der Waals surface area contributed by atoms with Gasteiger partial charge in [0, 0.05) is 38.4 Å². The highest BCUT2D eigenvalue weighted by molar-refractivity contribution is 6.29. The first-order chi connectivity index (χ1) is 10.2. The molecule has 0 spiro atoms. The lowest BCUT2D eigenvalue weighted by molar-refractivity contribution is 0.0757. The predicted molar refractivity (Wildman–Crippen MR) is 85.7 cm³/mol. The molecule has 5 heteroatoms. The Morgan fingerprint density at radius 2 is 2.00 bits per heavy atom. The third-order valence-electron chi connectivity index (χ3n) is 4.25. The smallest absolute Gasteiger partial charge is 0.255 e. The average molecular weight is 310 g/mol. The average Bonchev–Trinajstić information content (AvgIpc) is 2.75. The molecule has 0 saturated carbocycles. The zero-order valence-electron chi connectivity index (χ0n) is 12.9. The van der Waals surface area contributed by atoms with E-state index >= 15 is 0 Å². The molecule has 0 radical (unpaired) electrons. The van der Waals surface area contributed by atoms with Crippen molar-refractivity contribution < 1.29 is 4.79 Å². The van der Waals surface area contributed by atoms with Crippen LogP contribution in [0.1, 0.15) is 43.5 Å². The molecule has 1 fully saturated rings. The molecule has 2 rings (SSSR count). The summed E-state index contributed by atoms with van der Waals surface area (Å²) in [6.45, 7) is 8.12. The zero-order valence-corrected chi connectivity index (χ0v) is 13.6. The van der Waals surface area contributed by atoms with Crippen LogP contribution < -0.4 is 0 Å². The number of hydrogen-bond acceptors (Lipinski definition) is 3. The largest absolute Gasteiger partial charge is 0.337 e. The number of pyridine rings is 1. The van der Waals surface area contributed by atoms with Gasteiger partial charge in [0.2, 0.25) is 0 Å². The first-order valence-electron chi connectivity index (χ1n) is 7.80. The molecule has 0 N–H and O–H groups in total. The molecule has 2 heterocycles. The van der Waals surface area contributed by atoms with E-state index in [2.05, 4.69) is 23.7 Å². The molecular formula is C16H24ClN3O. The minimum Gasteiger partial charge on any atom is -0.337 e. The quantitative estimate of drug-likeness (QED) is 0.802. The van der Waals surface area contributed by atoms with Gasteiger partial charge in [-0.05, 0) is 31.4 Å². The maximum Gasteiger partial charge on any atom is 0.255 e. The Kier molecular flexibility index (Phi) is 6.00. The molecular weight excluding hydrogens is 286 g/mol. The molecule has 1 aliphatic heterocycles. The van der Waals surface area contributed by atoms with Gasteiger partial charge in [0.05, 0.1) is 5.56 Å². The number of hydrogen-bond donors (Lipinski definition) is 0. The number of amides is 1. The molecule has 116 valence electrons. The fourth-order valence-electron chi connectivity index (χ4n) is 3.00. The molecule has 1 saturated heterocycles. The van der Waals surface area contributed by atoms with Crippen LogP contribution in [0.2, 0.25) is 5.15 Å². The Balaban J connectivity index is 1.99. The maximum absolute atomic E-state index is 12.5. The van der Waals surface area contributed by atoms with Gasteiger partial charge in [-0.25, -0.2) is 4.98 Å². The van der Waals surface area contributed by atoms with Crippen LogP contribution in [0.5, 0.6) is 0 Å². The second kappa shape index (κ2) is 7.76. The first kappa shape index (κ1) is 16.2. The minimum absolute atomic E-state index is 0.0607. The van der Waals surface area contributed by atoms with Crippen LogP contribution in [-0.2, 0) is 0 Å². The monoisotopic (exact) mass is 309 g/mol. The Morgan fingerprint density at radius 1 is 1.24 bits per heavy atom. The summed E-state index contributed by atoms with van der Waals surface area (Å²) < 4.78 is 0. The lowest BCUT2D eigenvalue weighted by Crippen LogP contribution is -2.39. The first-order valence-corrected chi connectivity index (χ1v) is 8.18. The van der Waals surface area contributed by atoms with Gasteiger partial charge in [-0.1, -0.05) is 25.4 Å². The van der Waals surface area contributed by atoms with Crippen molar-refractivity contribution in [1.29, 1.82) is 0 Å². The van der Waals surface area contributed by atoms with Crippen molar-refractivity contribution >= 4 is 17.5 Å². The summed E-state index contributed by atoms with van der Waals surface area (Å²) in [6, 6.07) is 4.06. The SMILES string of the molecule is CCC(CC)N1CCCN(C(=O)c2ccc(Cl)nc2)CC1. The van der Waals surface area contributed by atoms with E-state index < -0.39 is 0 Å². The summed E-state index contributed by atoms with van der Waals surface area (Å²) in [4.78, 5) is 21.0. The predicted octanol–water partition coefficient (Wildman–Crippen LogP) is 3.07. The van der Waals surface area contributed by atoms with E-state index in [1.54, 1.807) is 18.3 Å². The lowest BCUT2D eigenvalue weighted by atomic mass is 10.1. The third-order valence-corrected chi connectivity index (χ3v) is 4.47. The molecule has 0 aromatic carbocycles. The van der Waals surface area contributed by atoms with Gasteiger partial charge in [0.1, 0.15) is 5.15 Å². The van der Waals surface area contributed by atoms with Crippen LogP contribution in [0.15, 0.2) is 18.3 Å². The van der Waals surface area contributed by atoms with E-state index in [4.69, 9.17) is 11.6 Å². The Hall–Kier alpha value is -1.13. The number of nitrogens with zero attached hydrogens (tertiary/aromatic N) is 3. The molecule has 0 atom stereocenters. The lowest BCUT2D eigenvalue weighted by Gasteiger charge is -2.29. The highest BCUT2D eigenvalue weighted by Gasteiger charge is 2.23. The number of aromatic nitrogens is 1. The molecule has 1 aromatic rings. The summed E-state index contributed by atoms with van der Waals surface area (Å²) in [5.74, 6) is 0.0607. The molecule has 0 bridgehead atoms. The molecule has 21 heavy (non-hydrogen) atoms. The van der Waals surface area contributed by atoms with Gasteiger partial charge in [-0.2, -0.15) is 0 Å². The Labute approximate surface area is 132 Å². The van der Waals surface area contributed by atoms with E-state index in [-0.39, 0.29) is 5.91 Å².